The second kappa shape index (κ2) is 5.57. The van der Waals surface area contributed by atoms with Gasteiger partial charge in [-0.25, -0.2) is 0 Å². The number of rotatable bonds is 3. The van der Waals surface area contributed by atoms with Crippen LogP contribution in [0.15, 0.2) is 42.5 Å². The van der Waals surface area contributed by atoms with Crippen molar-refractivity contribution in [1.29, 1.82) is 0 Å². The number of halogens is 4. The maximum absolute atomic E-state index is 12.3. The third-order valence-corrected chi connectivity index (χ3v) is 2.97. The Morgan fingerprint density at radius 3 is 2.21 bits per heavy atom. The van der Waals surface area contributed by atoms with E-state index in [0.717, 1.165) is 11.6 Å². The molecular weight excluding hydrogens is 277 g/mol. The van der Waals surface area contributed by atoms with Crippen molar-refractivity contribution in [3.63, 3.8) is 0 Å². The van der Waals surface area contributed by atoms with Gasteiger partial charge in [0.1, 0.15) is 0 Å². The summed E-state index contributed by atoms with van der Waals surface area (Å²) >= 11 is 6.18. The van der Waals surface area contributed by atoms with Crippen LogP contribution in [0, 0.1) is 0 Å². The summed E-state index contributed by atoms with van der Waals surface area (Å²) < 4.78 is 37.0. The Morgan fingerprint density at radius 2 is 1.68 bits per heavy atom. The fourth-order valence-electron chi connectivity index (χ4n) is 1.58. The maximum atomic E-state index is 12.3. The van der Waals surface area contributed by atoms with Gasteiger partial charge >= 0.3 is 6.18 Å². The van der Waals surface area contributed by atoms with Crippen LogP contribution in [0.2, 0.25) is 0 Å². The number of aromatic nitrogens is 2. The molecule has 2 aromatic rings. The second-order valence-corrected chi connectivity index (χ2v) is 4.52. The highest BCUT2D eigenvalue weighted by atomic mass is 35.5. The molecule has 0 saturated carbocycles. The van der Waals surface area contributed by atoms with Crippen molar-refractivity contribution < 1.29 is 13.2 Å². The van der Waals surface area contributed by atoms with E-state index in [2.05, 4.69) is 10.2 Å². The van der Waals surface area contributed by atoms with Crippen LogP contribution >= 0.6 is 11.6 Å². The summed E-state index contributed by atoms with van der Waals surface area (Å²) in [5.74, 6) is 0. The summed E-state index contributed by atoms with van der Waals surface area (Å²) in [6, 6.07) is 11.5. The third-order valence-electron chi connectivity index (χ3n) is 2.56. The molecule has 0 N–H and O–H groups in total. The van der Waals surface area contributed by atoms with Crippen molar-refractivity contribution in [3.05, 3.63) is 59.4 Å². The van der Waals surface area contributed by atoms with Crippen molar-refractivity contribution >= 4 is 11.6 Å². The minimum Gasteiger partial charge on any atom is -0.164 e. The molecule has 0 spiro atoms. The smallest absolute Gasteiger partial charge is 0.164 e. The number of hydrogen-bond acceptors (Lipinski definition) is 2. The second-order valence-electron chi connectivity index (χ2n) is 3.99. The fourth-order valence-corrected chi connectivity index (χ4v) is 1.89. The van der Waals surface area contributed by atoms with Gasteiger partial charge in [0.2, 0.25) is 0 Å². The topological polar surface area (TPSA) is 25.8 Å². The van der Waals surface area contributed by atoms with Gasteiger partial charge in [0.05, 0.1) is 11.1 Å². The molecule has 6 heteroatoms. The normalized spacial score (nSPS) is 13.3. The summed E-state index contributed by atoms with van der Waals surface area (Å²) in [5.41, 5.74) is 0.324. The van der Waals surface area contributed by atoms with E-state index in [1.807, 2.05) is 30.3 Å². The lowest BCUT2D eigenvalue weighted by Crippen LogP contribution is -2.10. The molecule has 0 aliphatic heterocycles. The molecule has 0 amide bonds. The van der Waals surface area contributed by atoms with E-state index in [-0.39, 0.29) is 5.38 Å². The maximum Gasteiger partial charge on any atom is 0.435 e. The van der Waals surface area contributed by atoms with Gasteiger partial charge in [-0.2, -0.15) is 18.3 Å². The van der Waals surface area contributed by atoms with Crippen molar-refractivity contribution in [3.8, 4) is 0 Å². The summed E-state index contributed by atoms with van der Waals surface area (Å²) in [7, 11) is 0. The molecule has 0 fully saturated rings. The molecule has 0 bridgehead atoms. The van der Waals surface area contributed by atoms with Crippen LogP contribution in [0.25, 0.3) is 0 Å². The van der Waals surface area contributed by atoms with E-state index >= 15 is 0 Å². The standard InChI is InChI=1S/C13H10ClF3N2/c14-11(9-4-2-1-3-5-9)8-10-6-7-12(19-18-10)13(15,16)17/h1-7,11H,8H2. The van der Waals surface area contributed by atoms with Crippen LogP contribution < -0.4 is 0 Å². The quantitative estimate of drug-likeness (QED) is 0.797. The summed E-state index contributed by atoms with van der Waals surface area (Å²) in [6.45, 7) is 0. The van der Waals surface area contributed by atoms with Gasteiger partial charge in [0.15, 0.2) is 5.69 Å². The van der Waals surface area contributed by atoms with E-state index in [0.29, 0.717) is 12.1 Å². The van der Waals surface area contributed by atoms with Gasteiger partial charge in [0.25, 0.3) is 0 Å². The molecule has 0 aliphatic rings. The Kier molecular flexibility index (Phi) is 4.04. The van der Waals surface area contributed by atoms with Gasteiger partial charge < -0.3 is 0 Å². The zero-order valence-electron chi connectivity index (χ0n) is 9.73. The largest absolute Gasteiger partial charge is 0.435 e. The van der Waals surface area contributed by atoms with E-state index in [4.69, 9.17) is 11.6 Å². The average molecular weight is 287 g/mol. The monoisotopic (exact) mass is 286 g/mol. The minimum atomic E-state index is -4.47. The van der Waals surface area contributed by atoms with E-state index in [9.17, 15) is 13.2 Å². The summed E-state index contributed by atoms with van der Waals surface area (Å²) in [6.07, 6.45) is -4.14. The fraction of sp³-hybridized carbons (Fsp3) is 0.231. The van der Waals surface area contributed by atoms with Crippen LogP contribution in [-0.2, 0) is 12.6 Å². The molecule has 2 nitrogen and oxygen atoms in total. The molecule has 1 heterocycles. The van der Waals surface area contributed by atoms with Gasteiger partial charge in [-0.3, -0.25) is 0 Å². The van der Waals surface area contributed by atoms with E-state index in [1.54, 1.807) is 0 Å². The zero-order chi connectivity index (χ0) is 13.9. The Hall–Kier alpha value is -1.62. The van der Waals surface area contributed by atoms with Crippen LogP contribution in [0.1, 0.15) is 22.3 Å². The first-order valence-electron chi connectivity index (χ1n) is 5.55. The highest BCUT2D eigenvalue weighted by Gasteiger charge is 2.32. The third kappa shape index (κ3) is 3.67. The molecule has 0 radical (unpaired) electrons. The van der Waals surface area contributed by atoms with Crippen molar-refractivity contribution in [2.75, 3.05) is 0 Å². The Labute approximate surface area is 113 Å². The number of benzene rings is 1. The minimum absolute atomic E-state index is 0.330. The van der Waals surface area contributed by atoms with Gasteiger partial charge in [-0.1, -0.05) is 30.3 Å². The Morgan fingerprint density at radius 1 is 1.00 bits per heavy atom. The van der Waals surface area contributed by atoms with Crippen LogP contribution in [0.5, 0.6) is 0 Å². The molecule has 0 aliphatic carbocycles. The number of alkyl halides is 4. The van der Waals surface area contributed by atoms with E-state index in [1.165, 1.54) is 6.07 Å². The molecule has 2 rings (SSSR count). The lowest BCUT2D eigenvalue weighted by atomic mass is 10.1. The molecule has 1 atom stereocenters. The predicted molar refractivity (Wildman–Crippen MR) is 65.8 cm³/mol. The van der Waals surface area contributed by atoms with E-state index < -0.39 is 11.9 Å². The average Bonchev–Trinajstić information content (AvgIpc) is 2.39. The Bertz CT molecular complexity index is 526. The van der Waals surface area contributed by atoms with Gasteiger partial charge in [0, 0.05) is 6.42 Å². The molecular formula is C13H10ClF3N2. The lowest BCUT2D eigenvalue weighted by Gasteiger charge is -2.09. The van der Waals surface area contributed by atoms with Crippen molar-refractivity contribution in [1.82, 2.24) is 10.2 Å². The summed E-state index contributed by atoms with van der Waals surface area (Å²) in [4.78, 5) is 0. The molecule has 100 valence electrons. The van der Waals surface area contributed by atoms with Crippen LogP contribution in [0.4, 0.5) is 13.2 Å². The predicted octanol–water partition coefficient (Wildman–Crippen LogP) is 4.02. The first-order chi connectivity index (χ1) is 8.97. The lowest BCUT2D eigenvalue weighted by molar-refractivity contribution is -0.141. The zero-order valence-corrected chi connectivity index (χ0v) is 10.5. The highest BCUT2D eigenvalue weighted by Crippen LogP contribution is 2.28. The molecule has 1 unspecified atom stereocenters. The van der Waals surface area contributed by atoms with Crippen LogP contribution in [0.3, 0.4) is 0 Å². The Balaban J connectivity index is 2.08. The molecule has 1 aromatic carbocycles. The summed E-state index contributed by atoms with van der Waals surface area (Å²) in [5, 5.41) is 6.38. The van der Waals surface area contributed by atoms with Gasteiger partial charge in [-0.05, 0) is 17.7 Å². The molecule has 1 aromatic heterocycles. The molecule has 19 heavy (non-hydrogen) atoms. The first kappa shape index (κ1) is 13.8. The van der Waals surface area contributed by atoms with Crippen molar-refractivity contribution in [2.45, 2.75) is 18.0 Å². The molecule has 0 saturated heterocycles. The first-order valence-corrected chi connectivity index (χ1v) is 5.99. The van der Waals surface area contributed by atoms with Crippen LogP contribution in [-0.4, -0.2) is 10.2 Å². The van der Waals surface area contributed by atoms with Crippen molar-refractivity contribution in [2.24, 2.45) is 0 Å². The number of hydrogen-bond donors (Lipinski definition) is 0. The SMILES string of the molecule is FC(F)(F)c1ccc(CC(Cl)c2ccccc2)nn1. The highest BCUT2D eigenvalue weighted by molar-refractivity contribution is 6.20. The number of nitrogens with zero attached hydrogens (tertiary/aromatic N) is 2. The van der Waals surface area contributed by atoms with Gasteiger partial charge in [-0.15, -0.1) is 16.7 Å².